The van der Waals surface area contributed by atoms with Crippen molar-refractivity contribution in [3.05, 3.63) is 16.0 Å². The molecule has 0 aromatic carbocycles. The summed E-state index contributed by atoms with van der Waals surface area (Å²) in [5.41, 5.74) is 0. The molecule has 4 nitrogen and oxygen atoms in total. The molecule has 2 N–H and O–H groups in total. The van der Waals surface area contributed by atoms with E-state index in [1.165, 1.54) is 13.2 Å². The highest BCUT2D eigenvalue weighted by molar-refractivity contribution is 7.24. The molecule has 0 fully saturated rings. The van der Waals surface area contributed by atoms with E-state index in [2.05, 4.69) is 4.74 Å². The molecule has 1 aromatic heterocycles. The average Bonchev–Trinajstić information content (AvgIpc) is 2.46. The molecule has 0 aliphatic heterocycles. The third-order valence-corrected chi connectivity index (χ3v) is 2.90. The molecule has 1 heterocycles. The Bertz CT molecular complexity index is 324. The van der Waals surface area contributed by atoms with Crippen LogP contribution in [-0.4, -0.2) is 30.2 Å². The lowest BCUT2D eigenvalue weighted by Crippen LogP contribution is -2.26. The molecule has 0 atom stereocenters. The second-order valence-electron chi connectivity index (χ2n) is 2.19. The zero-order valence-electron chi connectivity index (χ0n) is 6.65. The van der Waals surface area contributed by atoms with Gasteiger partial charge in [-0.3, -0.25) is 0 Å². The van der Waals surface area contributed by atoms with Gasteiger partial charge in [-0.1, -0.05) is 11.6 Å². The summed E-state index contributed by atoms with van der Waals surface area (Å²) < 4.78 is 4.65. The van der Waals surface area contributed by atoms with E-state index in [1.54, 1.807) is 0 Å². The van der Waals surface area contributed by atoms with Crippen molar-refractivity contribution in [3.8, 4) is 0 Å². The van der Waals surface area contributed by atoms with Crippen LogP contribution in [0, 0.1) is 0 Å². The Kier molecular flexibility index (Phi) is 3.32. The number of ether oxygens (including phenoxy) is 1. The molecule has 0 bridgehead atoms. The Hall–Kier alpha value is -0.555. The van der Waals surface area contributed by atoms with Crippen LogP contribution in [0.5, 0.6) is 0 Å². The van der Waals surface area contributed by atoms with Crippen molar-refractivity contribution >= 4 is 40.8 Å². The van der Waals surface area contributed by atoms with E-state index in [9.17, 15) is 4.79 Å². The molecule has 0 amide bonds. The quantitative estimate of drug-likeness (QED) is 0.538. The number of methoxy groups -OCH3 is 1. The third kappa shape index (κ3) is 2.22. The Morgan fingerprint density at radius 1 is 1.69 bits per heavy atom. The summed E-state index contributed by atoms with van der Waals surface area (Å²) in [6, 6.07) is 1.32. The highest BCUT2D eigenvalue weighted by Crippen LogP contribution is 2.21. The number of halogens is 1. The molecule has 13 heavy (non-hydrogen) atoms. The van der Waals surface area contributed by atoms with Crippen LogP contribution in [0.1, 0.15) is 9.67 Å². The molecule has 0 saturated heterocycles. The fourth-order valence-corrected chi connectivity index (χ4v) is 1.96. The zero-order chi connectivity index (χ0) is 10.0. The molecule has 1 aromatic rings. The third-order valence-electron chi connectivity index (χ3n) is 1.33. The maximum Gasteiger partial charge on any atom is 0.499 e. The van der Waals surface area contributed by atoms with Crippen molar-refractivity contribution in [1.82, 2.24) is 0 Å². The highest BCUT2D eigenvalue weighted by Gasteiger charge is 2.21. The van der Waals surface area contributed by atoms with Crippen molar-refractivity contribution < 1.29 is 19.6 Å². The van der Waals surface area contributed by atoms with Crippen LogP contribution in [0.3, 0.4) is 0 Å². The maximum atomic E-state index is 11.0. The molecule has 1 rings (SSSR count). The number of carbonyl (C=O) groups is 1. The molecule has 0 radical (unpaired) electrons. The van der Waals surface area contributed by atoms with Crippen molar-refractivity contribution in [3.63, 3.8) is 0 Å². The van der Waals surface area contributed by atoms with Crippen LogP contribution < -0.4 is 4.78 Å². The number of hydrogen-bond acceptors (Lipinski definition) is 5. The molecule has 0 unspecified atom stereocenters. The van der Waals surface area contributed by atoms with E-state index >= 15 is 0 Å². The predicted octanol–water partition coefficient (Wildman–Crippen LogP) is -0.132. The second kappa shape index (κ2) is 4.10. The number of rotatable bonds is 2. The Morgan fingerprint density at radius 3 is 2.69 bits per heavy atom. The largest absolute Gasteiger partial charge is 0.499 e. The molecular formula is C6H6BClO4S. The van der Waals surface area contributed by atoms with Gasteiger partial charge in [-0.15, -0.1) is 11.3 Å². The van der Waals surface area contributed by atoms with Gasteiger partial charge in [0, 0.05) is 4.78 Å². The molecule has 7 heteroatoms. The smallest absolute Gasteiger partial charge is 0.465 e. The monoisotopic (exact) mass is 220 g/mol. The lowest BCUT2D eigenvalue weighted by Gasteiger charge is -1.93. The average molecular weight is 220 g/mol. The molecular weight excluding hydrogens is 214 g/mol. The zero-order valence-corrected chi connectivity index (χ0v) is 8.22. The lowest BCUT2D eigenvalue weighted by atomic mass is 9.90. The Labute approximate surface area is 83.9 Å². The fraction of sp³-hybridized carbons (Fsp3) is 0.167. The minimum atomic E-state index is -1.61. The highest BCUT2D eigenvalue weighted by atomic mass is 35.5. The van der Waals surface area contributed by atoms with Crippen molar-refractivity contribution in [2.45, 2.75) is 0 Å². The minimum Gasteiger partial charge on any atom is -0.465 e. The van der Waals surface area contributed by atoms with E-state index in [1.807, 2.05) is 0 Å². The summed E-state index contributed by atoms with van der Waals surface area (Å²) in [7, 11) is -0.381. The first kappa shape index (κ1) is 10.5. The predicted molar refractivity (Wildman–Crippen MR) is 50.5 cm³/mol. The Balaban J connectivity index is 3.03. The van der Waals surface area contributed by atoms with Gasteiger partial charge < -0.3 is 14.8 Å². The number of carbonyl (C=O) groups excluding carboxylic acids is 1. The molecule has 0 aliphatic carbocycles. The van der Waals surface area contributed by atoms with Crippen molar-refractivity contribution in [2.24, 2.45) is 0 Å². The van der Waals surface area contributed by atoms with E-state index in [0.29, 0.717) is 0 Å². The minimum absolute atomic E-state index is 0.167. The molecule has 0 saturated carbocycles. The summed E-state index contributed by atoms with van der Waals surface area (Å²) in [4.78, 5) is 11.2. The number of hydrogen-bond donors (Lipinski definition) is 2. The van der Waals surface area contributed by atoms with Crippen LogP contribution in [-0.2, 0) is 4.74 Å². The first-order valence-corrected chi connectivity index (χ1v) is 4.49. The van der Waals surface area contributed by atoms with Gasteiger partial charge in [0.2, 0.25) is 0 Å². The van der Waals surface area contributed by atoms with Crippen LogP contribution in [0.25, 0.3) is 0 Å². The maximum absolute atomic E-state index is 11.0. The molecule has 0 spiro atoms. The second-order valence-corrected chi connectivity index (χ2v) is 3.68. The lowest BCUT2D eigenvalue weighted by molar-refractivity contribution is 0.0606. The topological polar surface area (TPSA) is 66.8 Å². The summed E-state index contributed by atoms with van der Waals surface area (Å²) >= 11 is 6.54. The molecule has 70 valence electrons. The van der Waals surface area contributed by atoms with E-state index in [0.717, 1.165) is 11.3 Å². The van der Waals surface area contributed by atoms with Crippen molar-refractivity contribution in [2.75, 3.05) is 7.11 Å². The van der Waals surface area contributed by atoms with Gasteiger partial charge in [0.15, 0.2) is 0 Å². The van der Waals surface area contributed by atoms with Crippen LogP contribution in [0.4, 0.5) is 0 Å². The first-order valence-electron chi connectivity index (χ1n) is 3.30. The van der Waals surface area contributed by atoms with Gasteiger partial charge in [-0.25, -0.2) is 4.79 Å². The summed E-state index contributed by atoms with van der Waals surface area (Å²) in [5.74, 6) is -0.582. The Morgan fingerprint density at radius 2 is 2.31 bits per heavy atom. The van der Waals surface area contributed by atoms with E-state index in [-0.39, 0.29) is 14.7 Å². The number of esters is 1. The van der Waals surface area contributed by atoms with Crippen molar-refractivity contribution in [1.29, 1.82) is 0 Å². The van der Waals surface area contributed by atoms with Gasteiger partial charge in [0.25, 0.3) is 0 Å². The normalized spacial score (nSPS) is 9.85. The van der Waals surface area contributed by atoms with Crippen LogP contribution in [0.2, 0.25) is 5.02 Å². The van der Waals surface area contributed by atoms with Gasteiger partial charge >= 0.3 is 13.1 Å². The van der Waals surface area contributed by atoms with E-state index in [4.69, 9.17) is 21.6 Å². The molecule has 0 aliphatic rings. The van der Waals surface area contributed by atoms with Gasteiger partial charge in [-0.2, -0.15) is 0 Å². The van der Waals surface area contributed by atoms with Crippen LogP contribution in [0.15, 0.2) is 6.07 Å². The SMILES string of the molecule is COC(=O)c1sc(B(O)O)cc1Cl. The summed E-state index contributed by atoms with van der Waals surface area (Å²) in [6.07, 6.45) is 0. The number of thiophene rings is 1. The first-order chi connectivity index (χ1) is 6.06. The van der Waals surface area contributed by atoms with Gasteiger partial charge in [0.05, 0.1) is 12.1 Å². The standard InChI is InChI=1S/C6H6BClO4S/c1-12-6(9)5-3(8)2-4(13-5)7(10)11/h2,10-11H,1H3. The van der Waals surface area contributed by atoms with Gasteiger partial charge in [0.1, 0.15) is 4.88 Å². The van der Waals surface area contributed by atoms with Crippen LogP contribution >= 0.6 is 22.9 Å². The van der Waals surface area contributed by atoms with E-state index < -0.39 is 13.1 Å². The summed E-state index contributed by atoms with van der Waals surface area (Å²) in [6.45, 7) is 0. The summed E-state index contributed by atoms with van der Waals surface area (Å²) in [5, 5.41) is 17.7. The van der Waals surface area contributed by atoms with Gasteiger partial charge in [-0.05, 0) is 6.07 Å². The fourth-order valence-electron chi connectivity index (χ4n) is 0.746.